The minimum absolute atomic E-state index is 0.113. The Bertz CT molecular complexity index is 887. The average Bonchev–Trinajstić information content (AvgIpc) is 2.70. The Morgan fingerprint density at radius 2 is 1.60 bits per heavy atom. The predicted molar refractivity (Wildman–Crippen MR) is 131 cm³/mol. The van der Waals surface area contributed by atoms with Crippen molar-refractivity contribution in [2.75, 3.05) is 19.8 Å². The van der Waals surface area contributed by atoms with Gasteiger partial charge in [-0.2, -0.15) is 0 Å². The highest BCUT2D eigenvalue weighted by atomic mass is 16.6. The van der Waals surface area contributed by atoms with Crippen LogP contribution in [0.1, 0.15) is 65.5 Å². The third-order valence-corrected chi connectivity index (χ3v) is 4.05. The van der Waals surface area contributed by atoms with Gasteiger partial charge in [-0.1, -0.05) is 24.0 Å². The van der Waals surface area contributed by atoms with Crippen LogP contribution in [0.25, 0.3) is 0 Å². The molecule has 3 N–H and O–H groups in total. The molecule has 1 atom stereocenters. The molecule has 9 heteroatoms. The van der Waals surface area contributed by atoms with Crippen LogP contribution in [0, 0.1) is 11.8 Å². The van der Waals surface area contributed by atoms with E-state index in [9.17, 15) is 14.4 Å². The van der Waals surface area contributed by atoms with Crippen LogP contribution in [-0.2, 0) is 35.1 Å². The molecule has 0 fully saturated rings. The Morgan fingerprint density at radius 1 is 0.971 bits per heavy atom. The third-order valence-electron chi connectivity index (χ3n) is 4.05. The molecule has 2 amide bonds. The van der Waals surface area contributed by atoms with Gasteiger partial charge in [-0.25, -0.2) is 9.59 Å². The number of esters is 1. The maximum atomic E-state index is 12.1. The normalized spacial score (nSPS) is 12.2. The minimum Gasteiger partial charge on any atom is -0.458 e. The molecule has 0 bridgehead atoms. The van der Waals surface area contributed by atoms with E-state index in [1.165, 1.54) is 0 Å². The van der Waals surface area contributed by atoms with E-state index in [4.69, 9.17) is 24.7 Å². The standard InChI is InChI=1S/C26H38N2O7/c1-25(2,3)34-23(30)18-32-15-7-8-19-9-11-20(12-10-19)16-33-17-21(13-14-22(27)29)28-24(31)35-26(4,5)6/h9-12,21H,13-18H2,1-6H3,(H2,27,29)(H,28,31). The van der Waals surface area contributed by atoms with Crippen molar-refractivity contribution >= 4 is 18.0 Å². The summed E-state index contributed by atoms with van der Waals surface area (Å²) >= 11 is 0. The highest BCUT2D eigenvalue weighted by Gasteiger charge is 2.20. The molecule has 1 unspecified atom stereocenters. The van der Waals surface area contributed by atoms with Crippen molar-refractivity contribution < 1.29 is 33.3 Å². The van der Waals surface area contributed by atoms with E-state index in [1.54, 1.807) is 41.5 Å². The number of hydrogen-bond acceptors (Lipinski definition) is 7. The number of nitrogens with two attached hydrogens (primary N) is 1. The minimum atomic E-state index is -0.631. The second-order valence-corrected chi connectivity index (χ2v) is 9.94. The van der Waals surface area contributed by atoms with E-state index in [0.717, 1.165) is 11.1 Å². The first kappa shape index (κ1) is 29.9. The lowest BCUT2D eigenvalue weighted by molar-refractivity contribution is -0.159. The Kier molecular flexibility index (Phi) is 12.3. The molecule has 194 valence electrons. The molecule has 0 saturated heterocycles. The summed E-state index contributed by atoms with van der Waals surface area (Å²) in [4.78, 5) is 34.8. The molecule has 0 spiro atoms. The smallest absolute Gasteiger partial charge is 0.407 e. The zero-order valence-corrected chi connectivity index (χ0v) is 21.6. The first-order valence-corrected chi connectivity index (χ1v) is 11.5. The molecule has 1 aromatic carbocycles. The number of ether oxygens (including phenoxy) is 4. The molecule has 0 aliphatic heterocycles. The maximum Gasteiger partial charge on any atom is 0.407 e. The summed E-state index contributed by atoms with van der Waals surface area (Å²) in [6.07, 6.45) is -0.105. The Labute approximate surface area is 208 Å². The van der Waals surface area contributed by atoms with E-state index in [2.05, 4.69) is 17.2 Å². The lowest BCUT2D eigenvalue weighted by Crippen LogP contribution is -2.42. The number of amides is 2. The Balaban J connectivity index is 2.47. The van der Waals surface area contributed by atoms with Gasteiger partial charge in [-0.3, -0.25) is 4.79 Å². The van der Waals surface area contributed by atoms with E-state index in [-0.39, 0.29) is 26.2 Å². The molecule has 0 aromatic heterocycles. The van der Waals surface area contributed by atoms with Gasteiger partial charge in [-0.05, 0) is 65.7 Å². The van der Waals surface area contributed by atoms with Crippen molar-refractivity contribution in [2.45, 2.75) is 78.2 Å². The summed E-state index contributed by atoms with van der Waals surface area (Å²) in [5, 5.41) is 2.72. The molecule has 1 rings (SSSR count). The van der Waals surface area contributed by atoms with Crippen LogP contribution < -0.4 is 11.1 Å². The number of rotatable bonds is 11. The second-order valence-electron chi connectivity index (χ2n) is 9.94. The van der Waals surface area contributed by atoms with Gasteiger partial charge >= 0.3 is 12.1 Å². The summed E-state index contributed by atoms with van der Waals surface area (Å²) < 4.78 is 21.4. The number of carbonyl (C=O) groups excluding carboxylic acids is 3. The van der Waals surface area contributed by atoms with Crippen LogP contribution in [-0.4, -0.2) is 55.0 Å². The topological polar surface area (TPSA) is 126 Å². The Hall–Kier alpha value is -3.09. The maximum absolute atomic E-state index is 12.1. The number of nitrogens with one attached hydrogen (secondary N) is 1. The highest BCUT2D eigenvalue weighted by Crippen LogP contribution is 2.10. The number of carbonyl (C=O) groups is 3. The summed E-state index contributed by atoms with van der Waals surface area (Å²) in [5.41, 5.74) is 5.77. The molecule has 0 aliphatic carbocycles. The third kappa shape index (κ3) is 16.2. The van der Waals surface area contributed by atoms with E-state index in [0.29, 0.717) is 13.0 Å². The molecule has 0 aliphatic rings. The molecular weight excluding hydrogens is 452 g/mol. The molecule has 1 aromatic rings. The lowest BCUT2D eigenvalue weighted by atomic mass is 10.1. The number of primary amides is 1. The fourth-order valence-electron chi connectivity index (χ4n) is 2.69. The SMILES string of the molecule is CC(C)(C)OC(=O)COCC#Cc1ccc(COCC(CCC(N)=O)NC(=O)OC(C)(C)C)cc1. The van der Waals surface area contributed by atoms with E-state index >= 15 is 0 Å². The molecule has 0 radical (unpaired) electrons. The summed E-state index contributed by atoms with van der Waals surface area (Å²) in [7, 11) is 0. The molecular formula is C26H38N2O7. The van der Waals surface area contributed by atoms with Crippen molar-refractivity contribution in [3.05, 3.63) is 35.4 Å². The lowest BCUT2D eigenvalue weighted by Gasteiger charge is -2.23. The molecule has 0 heterocycles. The number of hydrogen-bond donors (Lipinski definition) is 2. The van der Waals surface area contributed by atoms with Crippen LogP contribution in [0.2, 0.25) is 0 Å². The fourth-order valence-corrected chi connectivity index (χ4v) is 2.69. The van der Waals surface area contributed by atoms with Crippen LogP contribution in [0.4, 0.5) is 4.79 Å². The van der Waals surface area contributed by atoms with Crippen molar-refractivity contribution in [1.82, 2.24) is 5.32 Å². The number of benzene rings is 1. The molecule has 9 nitrogen and oxygen atoms in total. The van der Waals surface area contributed by atoms with Crippen LogP contribution in [0.3, 0.4) is 0 Å². The van der Waals surface area contributed by atoms with Gasteiger partial charge in [0.1, 0.15) is 24.4 Å². The van der Waals surface area contributed by atoms with E-state index in [1.807, 2.05) is 24.3 Å². The van der Waals surface area contributed by atoms with Gasteiger partial charge in [0, 0.05) is 12.0 Å². The largest absolute Gasteiger partial charge is 0.458 e. The first-order chi connectivity index (χ1) is 16.2. The summed E-state index contributed by atoms with van der Waals surface area (Å²) in [6.45, 7) is 11.2. The van der Waals surface area contributed by atoms with Crippen molar-refractivity contribution in [3.8, 4) is 11.8 Å². The zero-order chi connectivity index (χ0) is 26.5. The summed E-state index contributed by atoms with van der Waals surface area (Å²) in [5.74, 6) is 4.94. The second kappa shape index (κ2) is 14.3. The number of alkyl carbamates (subject to hydrolysis) is 1. The van der Waals surface area contributed by atoms with Crippen LogP contribution in [0.5, 0.6) is 0 Å². The average molecular weight is 491 g/mol. The van der Waals surface area contributed by atoms with Gasteiger partial charge in [0.15, 0.2) is 0 Å². The highest BCUT2D eigenvalue weighted by molar-refractivity contribution is 5.74. The van der Waals surface area contributed by atoms with Crippen molar-refractivity contribution in [1.29, 1.82) is 0 Å². The van der Waals surface area contributed by atoms with Gasteiger partial charge in [0.2, 0.25) is 5.91 Å². The monoisotopic (exact) mass is 490 g/mol. The molecule has 35 heavy (non-hydrogen) atoms. The van der Waals surface area contributed by atoms with Gasteiger partial charge < -0.3 is 30.0 Å². The quantitative estimate of drug-likeness (QED) is 0.277. The van der Waals surface area contributed by atoms with E-state index < -0.39 is 35.2 Å². The van der Waals surface area contributed by atoms with Crippen LogP contribution in [0.15, 0.2) is 24.3 Å². The predicted octanol–water partition coefficient (Wildman–Crippen LogP) is 3.07. The zero-order valence-electron chi connectivity index (χ0n) is 21.6. The summed E-state index contributed by atoms with van der Waals surface area (Å²) in [6, 6.07) is 7.05. The van der Waals surface area contributed by atoms with Crippen LogP contribution >= 0.6 is 0 Å². The van der Waals surface area contributed by atoms with Crippen molar-refractivity contribution in [3.63, 3.8) is 0 Å². The first-order valence-electron chi connectivity index (χ1n) is 11.5. The Morgan fingerprint density at radius 3 is 2.17 bits per heavy atom. The molecule has 0 saturated carbocycles. The fraction of sp³-hybridized carbons (Fsp3) is 0.577. The van der Waals surface area contributed by atoms with Gasteiger partial charge in [0.05, 0.1) is 19.3 Å². The van der Waals surface area contributed by atoms with Gasteiger partial charge in [-0.15, -0.1) is 0 Å². The van der Waals surface area contributed by atoms with Gasteiger partial charge in [0.25, 0.3) is 0 Å². The van der Waals surface area contributed by atoms with Crippen molar-refractivity contribution in [2.24, 2.45) is 5.73 Å².